The summed E-state index contributed by atoms with van der Waals surface area (Å²) in [6, 6.07) is 0. The van der Waals surface area contributed by atoms with E-state index in [-0.39, 0.29) is 11.5 Å². The summed E-state index contributed by atoms with van der Waals surface area (Å²) in [7, 11) is 0. The van der Waals surface area contributed by atoms with Crippen molar-refractivity contribution in [1.29, 1.82) is 0 Å². The third-order valence-electron chi connectivity index (χ3n) is 8.08. The molecule has 0 aliphatic heterocycles. The van der Waals surface area contributed by atoms with Crippen LogP contribution in [0.4, 0.5) is 0 Å². The maximum absolute atomic E-state index is 11.0. The second kappa shape index (κ2) is 5.11. The Bertz CT molecular complexity index is 585. The van der Waals surface area contributed by atoms with E-state index < -0.39 is 5.60 Å². The molecule has 0 heterocycles. The molecule has 2 saturated carbocycles. The smallest absolute Gasteiger partial charge is 0.130 e. The van der Waals surface area contributed by atoms with Crippen molar-refractivity contribution in [3.05, 3.63) is 11.1 Å². The fourth-order valence-electron chi connectivity index (χ4n) is 6.85. The molecule has 0 bridgehead atoms. The summed E-state index contributed by atoms with van der Waals surface area (Å²) in [5, 5.41) is 21.0. The van der Waals surface area contributed by atoms with Gasteiger partial charge in [-0.05, 0) is 75.0 Å². The van der Waals surface area contributed by atoms with Gasteiger partial charge < -0.3 is 10.2 Å². The Kier molecular flexibility index (Phi) is 3.49. The van der Waals surface area contributed by atoms with Crippen molar-refractivity contribution >= 4 is 0 Å². The van der Waals surface area contributed by atoms with Crippen LogP contribution < -0.4 is 0 Å². The maximum atomic E-state index is 11.0. The normalized spacial score (nSPS) is 52.4. The van der Waals surface area contributed by atoms with E-state index in [9.17, 15) is 10.2 Å². The summed E-state index contributed by atoms with van der Waals surface area (Å²) in [6.07, 6.45) is 13.8. The zero-order valence-electron chi connectivity index (χ0n) is 14.5. The van der Waals surface area contributed by atoms with Crippen LogP contribution in [0.1, 0.15) is 65.2 Å². The first-order chi connectivity index (χ1) is 10.9. The van der Waals surface area contributed by atoms with Gasteiger partial charge in [0.2, 0.25) is 0 Å². The van der Waals surface area contributed by atoms with Crippen LogP contribution in [0.15, 0.2) is 11.1 Å². The lowest BCUT2D eigenvalue weighted by Gasteiger charge is -2.55. The van der Waals surface area contributed by atoms with Crippen molar-refractivity contribution in [1.82, 2.24) is 0 Å². The average molecular weight is 314 g/mol. The fraction of sp³-hybridized carbons (Fsp3) is 0.810. The van der Waals surface area contributed by atoms with E-state index in [1.165, 1.54) is 6.42 Å². The van der Waals surface area contributed by atoms with Crippen LogP contribution in [-0.4, -0.2) is 21.9 Å². The highest BCUT2D eigenvalue weighted by Gasteiger charge is 2.62. The highest BCUT2D eigenvalue weighted by Crippen LogP contribution is 2.65. The van der Waals surface area contributed by atoms with Crippen LogP contribution >= 0.6 is 0 Å². The van der Waals surface area contributed by atoms with Crippen LogP contribution in [0.5, 0.6) is 0 Å². The zero-order chi connectivity index (χ0) is 16.4. The highest BCUT2D eigenvalue weighted by molar-refractivity contribution is 5.30. The average Bonchev–Trinajstić information content (AvgIpc) is 2.79. The van der Waals surface area contributed by atoms with Crippen molar-refractivity contribution in [2.45, 2.75) is 76.9 Å². The van der Waals surface area contributed by atoms with Crippen molar-refractivity contribution < 1.29 is 10.2 Å². The minimum atomic E-state index is -0.903. The third kappa shape index (κ3) is 2.02. The largest absolute Gasteiger partial charge is 0.393 e. The Morgan fingerprint density at radius 3 is 2.70 bits per heavy atom. The van der Waals surface area contributed by atoms with E-state index in [1.807, 2.05) is 0 Å². The Hall–Kier alpha value is -0.780. The van der Waals surface area contributed by atoms with Gasteiger partial charge in [-0.1, -0.05) is 30.9 Å². The number of aliphatic hydroxyl groups is 2. The molecule has 23 heavy (non-hydrogen) atoms. The molecule has 0 saturated heterocycles. The Morgan fingerprint density at radius 1 is 1.17 bits per heavy atom. The van der Waals surface area contributed by atoms with Gasteiger partial charge >= 0.3 is 0 Å². The Labute approximate surface area is 140 Å². The molecule has 4 aliphatic carbocycles. The SMILES string of the molecule is C#CC1(O)CCC2[C@@H]3C(C)CC4=C(CC[C@H](O)C4)[C@H]3CC[C@@]21C. The van der Waals surface area contributed by atoms with E-state index in [0.29, 0.717) is 23.7 Å². The number of hydrogen-bond acceptors (Lipinski definition) is 2. The zero-order valence-corrected chi connectivity index (χ0v) is 14.5. The van der Waals surface area contributed by atoms with E-state index in [4.69, 9.17) is 6.42 Å². The van der Waals surface area contributed by atoms with Gasteiger partial charge in [-0.15, -0.1) is 6.42 Å². The van der Waals surface area contributed by atoms with Gasteiger partial charge in [0.1, 0.15) is 5.60 Å². The second-order valence-electron chi connectivity index (χ2n) is 9.00. The summed E-state index contributed by atoms with van der Waals surface area (Å²) < 4.78 is 0. The quantitative estimate of drug-likeness (QED) is 0.529. The number of rotatable bonds is 0. The fourth-order valence-corrected chi connectivity index (χ4v) is 6.85. The van der Waals surface area contributed by atoms with Crippen LogP contribution in [-0.2, 0) is 0 Å². The number of aliphatic hydroxyl groups excluding tert-OH is 1. The lowest BCUT2D eigenvalue weighted by Crippen LogP contribution is -2.52. The highest BCUT2D eigenvalue weighted by atomic mass is 16.3. The molecule has 4 aliphatic rings. The summed E-state index contributed by atoms with van der Waals surface area (Å²) in [5.74, 6) is 5.32. The molecule has 7 atom stereocenters. The molecule has 0 aromatic heterocycles. The van der Waals surface area contributed by atoms with Crippen molar-refractivity contribution in [3.8, 4) is 12.3 Å². The summed E-state index contributed by atoms with van der Waals surface area (Å²) in [4.78, 5) is 0. The lowest BCUT2D eigenvalue weighted by molar-refractivity contribution is -0.0813. The Morgan fingerprint density at radius 2 is 1.96 bits per heavy atom. The molecule has 3 unspecified atom stereocenters. The summed E-state index contributed by atoms with van der Waals surface area (Å²) in [6.45, 7) is 4.64. The molecule has 0 aromatic carbocycles. The van der Waals surface area contributed by atoms with E-state index >= 15 is 0 Å². The van der Waals surface area contributed by atoms with E-state index in [0.717, 1.165) is 44.9 Å². The molecular formula is C21H30O2. The molecule has 2 N–H and O–H groups in total. The van der Waals surface area contributed by atoms with Gasteiger partial charge in [0, 0.05) is 5.41 Å². The molecule has 126 valence electrons. The molecular weight excluding hydrogens is 284 g/mol. The molecule has 4 rings (SSSR count). The first-order valence-corrected chi connectivity index (χ1v) is 9.48. The van der Waals surface area contributed by atoms with Gasteiger partial charge in [-0.3, -0.25) is 0 Å². The Balaban J connectivity index is 1.70. The monoisotopic (exact) mass is 314 g/mol. The van der Waals surface area contributed by atoms with Crippen molar-refractivity contribution in [2.24, 2.45) is 29.1 Å². The van der Waals surface area contributed by atoms with Crippen LogP contribution in [0.25, 0.3) is 0 Å². The maximum Gasteiger partial charge on any atom is 0.130 e. The first kappa shape index (κ1) is 15.7. The predicted molar refractivity (Wildman–Crippen MR) is 91.5 cm³/mol. The number of terminal acetylenes is 1. The van der Waals surface area contributed by atoms with Gasteiger partial charge in [0.25, 0.3) is 0 Å². The second-order valence-corrected chi connectivity index (χ2v) is 9.00. The standard InChI is InChI=1S/C21H30O2/c1-4-21(23)10-8-18-19-13(2)11-14-12-15(22)5-6-16(14)17(19)7-9-20(18,21)3/h1,13,15,17-19,22-23H,5-12H2,2-3H3/t13?,15-,17+,18?,19+,20-,21?/m0/s1. The minimum absolute atomic E-state index is 0.108. The van der Waals surface area contributed by atoms with E-state index in [2.05, 4.69) is 19.8 Å². The lowest BCUT2D eigenvalue weighted by atomic mass is 9.50. The summed E-state index contributed by atoms with van der Waals surface area (Å²) >= 11 is 0. The predicted octanol–water partition coefficient (Wildman–Crippen LogP) is 3.67. The van der Waals surface area contributed by atoms with Gasteiger partial charge in [0.15, 0.2) is 0 Å². The van der Waals surface area contributed by atoms with E-state index in [1.54, 1.807) is 11.1 Å². The molecule has 2 fully saturated rings. The molecule has 0 spiro atoms. The summed E-state index contributed by atoms with van der Waals surface area (Å²) in [5.41, 5.74) is 2.23. The molecule has 2 nitrogen and oxygen atoms in total. The molecule has 0 amide bonds. The minimum Gasteiger partial charge on any atom is -0.393 e. The van der Waals surface area contributed by atoms with Crippen LogP contribution in [0.2, 0.25) is 0 Å². The van der Waals surface area contributed by atoms with Crippen molar-refractivity contribution in [2.75, 3.05) is 0 Å². The van der Waals surface area contributed by atoms with Crippen molar-refractivity contribution in [3.63, 3.8) is 0 Å². The molecule has 0 radical (unpaired) electrons. The van der Waals surface area contributed by atoms with Gasteiger partial charge in [-0.25, -0.2) is 0 Å². The van der Waals surface area contributed by atoms with Gasteiger partial charge in [0.05, 0.1) is 6.10 Å². The van der Waals surface area contributed by atoms with Crippen LogP contribution in [0.3, 0.4) is 0 Å². The number of hydrogen-bond donors (Lipinski definition) is 2. The molecule has 0 aromatic rings. The van der Waals surface area contributed by atoms with Crippen LogP contribution in [0, 0.1) is 41.4 Å². The topological polar surface area (TPSA) is 40.5 Å². The molecule has 2 heteroatoms. The third-order valence-corrected chi connectivity index (χ3v) is 8.08. The number of fused-ring (bicyclic) bond motifs is 4. The number of allylic oxidation sites excluding steroid dienone is 1. The van der Waals surface area contributed by atoms with Gasteiger partial charge in [-0.2, -0.15) is 0 Å². The first-order valence-electron chi connectivity index (χ1n) is 9.48.